The molecule has 1 aromatic carbocycles. The molecule has 1 unspecified atom stereocenters. The number of piperazine rings is 1. The van der Waals surface area contributed by atoms with E-state index in [-0.39, 0.29) is 11.8 Å². The number of rotatable bonds is 3. The maximum atomic E-state index is 11.7. The minimum Gasteiger partial charge on any atom is -0.507 e. The summed E-state index contributed by atoms with van der Waals surface area (Å²) in [6.45, 7) is 4.15. The zero-order valence-corrected chi connectivity index (χ0v) is 14.5. The van der Waals surface area contributed by atoms with Crippen molar-refractivity contribution < 1.29 is 9.32 Å². The third-order valence-corrected chi connectivity index (χ3v) is 5.42. The summed E-state index contributed by atoms with van der Waals surface area (Å²) in [5.41, 5.74) is 8.01. The molecule has 3 rings (SSSR count). The van der Waals surface area contributed by atoms with E-state index in [1.165, 1.54) is 0 Å². The Kier molecular flexibility index (Phi) is 4.68. The van der Waals surface area contributed by atoms with Gasteiger partial charge in [0.2, 0.25) is 0 Å². The number of aromatic hydroxyl groups is 1. The minimum absolute atomic E-state index is 0.144. The number of benzene rings is 1. The highest BCUT2D eigenvalue weighted by molar-refractivity contribution is 7.81. The maximum absolute atomic E-state index is 11.7. The standard InChI is InChI=1S/C16H21N5O2S/c1-11-10-20(7-8-21(11)24(2)23)14-9-13(18-19-16(14)17)12-5-3-4-6-15(12)22/h3-6,9,11,22H,7-8,10H2,1-2H3,(H2,17,19)/t11-,24?/m1/s1. The first-order valence-corrected chi connectivity index (χ1v) is 9.25. The summed E-state index contributed by atoms with van der Waals surface area (Å²) in [4.78, 5) is 2.13. The molecule has 2 heterocycles. The molecular weight excluding hydrogens is 326 g/mol. The quantitative estimate of drug-likeness (QED) is 0.867. The summed E-state index contributed by atoms with van der Waals surface area (Å²) in [5, 5.41) is 18.2. The molecule has 0 spiro atoms. The molecule has 0 amide bonds. The Morgan fingerprint density at radius 3 is 2.71 bits per heavy atom. The van der Waals surface area contributed by atoms with Crippen molar-refractivity contribution in [1.82, 2.24) is 14.5 Å². The molecule has 24 heavy (non-hydrogen) atoms. The number of nitrogen functional groups attached to an aromatic ring is 1. The third kappa shape index (κ3) is 3.20. The van der Waals surface area contributed by atoms with E-state index in [2.05, 4.69) is 15.1 Å². The van der Waals surface area contributed by atoms with Gasteiger partial charge in [-0.2, -0.15) is 0 Å². The van der Waals surface area contributed by atoms with Crippen LogP contribution in [0.4, 0.5) is 11.5 Å². The van der Waals surface area contributed by atoms with Gasteiger partial charge in [-0.05, 0) is 25.1 Å². The third-order valence-electron chi connectivity index (χ3n) is 4.22. The van der Waals surface area contributed by atoms with Crippen molar-refractivity contribution in [2.24, 2.45) is 0 Å². The molecule has 7 nitrogen and oxygen atoms in total. The summed E-state index contributed by atoms with van der Waals surface area (Å²) in [5.74, 6) is 0.509. The smallest absolute Gasteiger partial charge is 0.169 e. The van der Waals surface area contributed by atoms with Gasteiger partial charge in [0.25, 0.3) is 0 Å². The van der Waals surface area contributed by atoms with Crippen LogP contribution in [0.2, 0.25) is 0 Å². The second-order valence-electron chi connectivity index (χ2n) is 5.88. The molecule has 128 valence electrons. The van der Waals surface area contributed by atoms with Gasteiger partial charge in [0, 0.05) is 37.5 Å². The summed E-state index contributed by atoms with van der Waals surface area (Å²) >= 11 is 0. The molecule has 1 aliphatic rings. The fourth-order valence-electron chi connectivity index (χ4n) is 3.01. The van der Waals surface area contributed by atoms with E-state index in [4.69, 9.17) is 5.73 Å². The molecule has 0 bridgehead atoms. The number of hydrogen-bond donors (Lipinski definition) is 2. The van der Waals surface area contributed by atoms with E-state index >= 15 is 0 Å². The molecular formula is C16H21N5O2S. The number of aromatic nitrogens is 2. The number of phenols is 1. The topological polar surface area (TPSA) is 95.6 Å². The SMILES string of the molecule is C[C@@H]1CN(c2cc(-c3ccccc3O)nnc2N)CCN1S(C)=O. The highest BCUT2D eigenvalue weighted by atomic mass is 32.2. The lowest BCUT2D eigenvalue weighted by Gasteiger charge is -2.39. The lowest BCUT2D eigenvalue weighted by molar-refractivity contribution is 0.324. The van der Waals surface area contributed by atoms with Gasteiger partial charge in [0.05, 0.1) is 22.4 Å². The Hall–Kier alpha value is -2.19. The second kappa shape index (κ2) is 6.74. The largest absolute Gasteiger partial charge is 0.507 e. The van der Waals surface area contributed by atoms with Crippen molar-refractivity contribution in [2.45, 2.75) is 13.0 Å². The number of nitrogens with two attached hydrogens (primary N) is 1. The van der Waals surface area contributed by atoms with E-state index in [1.807, 2.05) is 23.4 Å². The fraction of sp³-hybridized carbons (Fsp3) is 0.375. The van der Waals surface area contributed by atoms with Gasteiger partial charge in [0.15, 0.2) is 5.82 Å². The summed E-state index contributed by atoms with van der Waals surface area (Å²) in [6.07, 6.45) is 1.70. The highest BCUT2D eigenvalue weighted by Crippen LogP contribution is 2.32. The molecule has 1 saturated heterocycles. The van der Waals surface area contributed by atoms with Crippen LogP contribution in [0.25, 0.3) is 11.3 Å². The van der Waals surface area contributed by atoms with Crippen LogP contribution in [0.15, 0.2) is 30.3 Å². The Morgan fingerprint density at radius 1 is 1.29 bits per heavy atom. The Bertz CT molecular complexity index is 770. The molecule has 1 aromatic heterocycles. The summed E-state index contributed by atoms with van der Waals surface area (Å²) < 4.78 is 13.7. The van der Waals surface area contributed by atoms with Crippen LogP contribution in [-0.2, 0) is 11.0 Å². The Labute approximate surface area is 143 Å². The number of anilines is 2. The average Bonchev–Trinajstić information content (AvgIpc) is 2.55. The highest BCUT2D eigenvalue weighted by Gasteiger charge is 2.27. The van der Waals surface area contributed by atoms with Crippen molar-refractivity contribution in [3.8, 4) is 17.0 Å². The summed E-state index contributed by atoms with van der Waals surface area (Å²) in [6, 6.07) is 9.00. The first-order valence-electron chi connectivity index (χ1n) is 7.74. The lowest BCUT2D eigenvalue weighted by atomic mass is 10.1. The monoisotopic (exact) mass is 347 g/mol. The normalized spacial score (nSPS) is 20.1. The van der Waals surface area contributed by atoms with Gasteiger partial charge in [-0.1, -0.05) is 12.1 Å². The van der Waals surface area contributed by atoms with Crippen molar-refractivity contribution in [2.75, 3.05) is 36.5 Å². The minimum atomic E-state index is -0.982. The predicted octanol–water partition coefficient (Wildman–Crippen LogP) is 1.24. The Balaban J connectivity index is 1.91. The van der Waals surface area contributed by atoms with Crippen molar-refractivity contribution in [3.05, 3.63) is 30.3 Å². The number of nitrogens with zero attached hydrogens (tertiary/aromatic N) is 4. The zero-order chi connectivity index (χ0) is 17.3. The lowest BCUT2D eigenvalue weighted by Crippen LogP contribution is -2.52. The fourth-order valence-corrected chi connectivity index (χ4v) is 3.92. The van der Waals surface area contributed by atoms with Crippen LogP contribution in [-0.4, -0.2) is 55.7 Å². The van der Waals surface area contributed by atoms with E-state index in [9.17, 15) is 9.32 Å². The van der Waals surface area contributed by atoms with Gasteiger partial charge in [-0.3, -0.25) is 0 Å². The number of para-hydroxylation sites is 1. The van der Waals surface area contributed by atoms with Crippen molar-refractivity contribution in [1.29, 1.82) is 0 Å². The van der Waals surface area contributed by atoms with Crippen molar-refractivity contribution >= 4 is 22.5 Å². The predicted molar refractivity (Wildman–Crippen MR) is 96.0 cm³/mol. The van der Waals surface area contributed by atoms with Crippen LogP contribution >= 0.6 is 0 Å². The molecule has 2 aromatic rings. The van der Waals surface area contributed by atoms with E-state index in [0.717, 1.165) is 5.69 Å². The second-order valence-corrected chi connectivity index (χ2v) is 7.19. The molecule has 0 saturated carbocycles. The van der Waals surface area contributed by atoms with Gasteiger partial charge in [0.1, 0.15) is 5.75 Å². The van der Waals surface area contributed by atoms with E-state index < -0.39 is 11.0 Å². The molecule has 8 heteroatoms. The van der Waals surface area contributed by atoms with E-state index in [0.29, 0.717) is 36.7 Å². The number of hydrogen-bond acceptors (Lipinski definition) is 6. The molecule has 0 aliphatic carbocycles. The first kappa shape index (κ1) is 16.7. The Morgan fingerprint density at radius 2 is 2.04 bits per heavy atom. The van der Waals surface area contributed by atoms with Crippen molar-refractivity contribution in [3.63, 3.8) is 0 Å². The van der Waals surface area contributed by atoms with Gasteiger partial charge in [-0.15, -0.1) is 10.2 Å². The molecule has 1 aliphatic heterocycles. The number of phenolic OH excluding ortho intramolecular Hbond substituents is 1. The van der Waals surface area contributed by atoms with Crippen LogP contribution in [0.1, 0.15) is 6.92 Å². The molecule has 3 N–H and O–H groups in total. The van der Waals surface area contributed by atoms with Crippen LogP contribution in [0.3, 0.4) is 0 Å². The first-order chi connectivity index (χ1) is 11.5. The van der Waals surface area contributed by atoms with Crippen LogP contribution in [0.5, 0.6) is 5.75 Å². The van der Waals surface area contributed by atoms with Gasteiger partial charge in [-0.25, -0.2) is 8.51 Å². The molecule has 1 fully saturated rings. The molecule has 0 radical (unpaired) electrons. The average molecular weight is 347 g/mol. The van der Waals surface area contributed by atoms with Gasteiger partial charge >= 0.3 is 0 Å². The van der Waals surface area contributed by atoms with Crippen LogP contribution < -0.4 is 10.6 Å². The van der Waals surface area contributed by atoms with E-state index in [1.54, 1.807) is 24.5 Å². The van der Waals surface area contributed by atoms with Gasteiger partial charge < -0.3 is 15.7 Å². The van der Waals surface area contributed by atoms with Crippen LogP contribution in [0, 0.1) is 0 Å². The molecule has 2 atom stereocenters. The summed E-state index contributed by atoms with van der Waals surface area (Å²) in [7, 11) is -0.982. The zero-order valence-electron chi connectivity index (χ0n) is 13.7. The maximum Gasteiger partial charge on any atom is 0.169 e.